The molecule has 216 valence electrons. The number of nitrogens with zero attached hydrogens (tertiary/aromatic N) is 1. The maximum atomic E-state index is 13.2. The average Bonchev–Trinajstić information content (AvgIpc) is 2.95. The number of aliphatic hydroxyl groups is 1. The summed E-state index contributed by atoms with van der Waals surface area (Å²) in [7, 11) is -3.87. The summed E-state index contributed by atoms with van der Waals surface area (Å²) in [6.45, 7) is 5.54. The average molecular weight is 587 g/mol. The molecule has 0 unspecified atom stereocenters. The third kappa shape index (κ3) is 6.04. The second-order valence-electron chi connectivity index (χ2n) is 11.8. The van der Waals surface area contributed by atoms with Crippen LogP contribution in [0.25, 0.3) is 0 Å². The van der Waals surface area contributed by atoms with Crippen LogP contribution in [-0.4, -0.2) is 43.9 Å². The molecule has 0 radical (unpaired) electrons. The largest absolute Gasteiger partial charge is 0.487 e. The minimum absolute atomic E-state index is 0.255. The summed E-state index contributed by atoms with van der Waals surface area (Å²) >= 11 is 6.30. The smallest absolute Gasteiger partial charge is 0.264 e. The Labute approximate surface area is 242 Å². The van der Waals surface area contributed by atoms with Gasteiger partial charge in [-0.1, -0.05) is 36.7 Å². The van der Waals surface area contributed by atoms with E-state index in [1.165, 1.54) is 5.56 Å². The lowest BCUT2D eigenvalue weighted by Crippen LogP contribution is -2.51. The number of hydrogen-bond acceptors (Lipinski definition) is 6. The third-order valence-corrected chi connectivity index (χ3v) is 11.1. The van der Waals surface area contributed by atoms with Crippen LogP contribution in [0.4, 0.5) is 5.69 Å². The van der Waals surface area contributed by atoms with Gasteiger partial charge in [-0.3, -0.25) is 4.79 Å². The van der Waals surface area contributed by atoms with Crippen molar-refractivity contribution >= 4 is 33.2 Å². The zero-order chi connectivity index (χ0) is 28.5. The first-order valence-corrected chi connectivity index (χ1v) is 16.2. The van der Waals surface area contributed by atoms with E-state index in [4.69, 9.17) is 16.3 Å². The molecule has 7 nitrogen and oxygen atoms in total. The fraction of sp³-hybridized carbons (Fsp3) is 0.516. The van der Waals surface area contributed by atoms with E-state index in [1.54, 1.807) is 25.1 Å². The second-order valence-corrected chi connectivity index (χ2v) is 14.3. The van der Waals surface area contributed by atoms with Crippen molar-refractivity contribution in [2.24, 2.45) is 11.3 Å². The number of hydrogen-bond donors (Lipinski definition) is 2. The lowest BCUT2D eigenvalue weighted by molar-refractivity contribution is -0.0466. The number of aryl methyl sites for hydroxylation is 1. The number of allylic oxidation sites excluding steroid dienone is 1. The maximum Gasteiger partial charge on any atom is 0.264 e. The Morgan fingerprint density at radius 3 is 2.73 bits per heavy atom. The summed E-state index contributed by atoms with van der Waals surface area (Å²) in [4.78, 5) is 15.5. The first-order chi connectivity index (χ1) is 19.1. The van der Waals surface area contributed by atoms with Crippen molar-refractivity contribution in [1.82, 2.24) is 4.72 Å². The molecule has 2 aromatic rings. The number of fused-ring (bicyclic) bond motifs is 3. The van der Waals surface area contributed by atoms with Crippen LogP contribution in [0.15, 0.2) is 48.6 Å². The summed E-state index contributed by atoms with van der Waals surface area (Å²) in [5.41, 5.74) is 3.00. The van der Waals surface area contributed by atoms with Crippen LogP contribution in [0.5, 0.6) is 5.75 Å². The van der Waals surface area contributed by atoms with Crippen molar-refractivity contribution in [3.05, 3.63) is 70.3 Å². The summed E-state index contributed by atoms with van der Waals surface area (Å²) in [6.07, 6.45) is 8.62. The normalized spacial score (nSPS) is 29.9. The van der Waals surface area contributed by atoms with Crippen molar-refractivity contribution < 1.29 is 23.1 Å². The number of ether oxygens (including phenoxy) is 1. The number of benzene rings is 2. The summed E-state index contributed by atoms with van der Waals surface area (Å²) < 4.78 is 34.5. The molecule has 3 aliphatic rings. The predicted molar refractivity (Wildman–Crippen MR) is 158 cm³/mol. The number of amides is 1. The van der Waals surface area contributed by atoms with Crippen molar-refractivity contribution in [2.75, 3.05) is 18.0 Å². The number of halogens is 1. The van der Waals surface area contributed by atoms with E-state index in [2.05, 4.69) is 16.5 Å². The number of carbonyl (C=O) groups is 1. The summed E-state index contributed by atoms with van der Waals surface area (Å²) in [5, 5.41) is 11.1. The molecule has 2 bridgehead atoms. The van der Waals surface area contributed by atoms with Crippen molar-refractivity contribution in [2.45, 2.75) is 76.8 Å². The van der Waals surface area contributed by atoms with Crippen LogP contribution >= 0.6 is 11.6 Å². The molecule has 1 amide bonds. The quantitative estimate of drug-likeness (QED) is 0.388. The Kier molecular flexibility index (Phi) is 8.50. The van der Waals surface area contributed by atoms with E-state index in [0.29, 0.717) is 36.8 Å². The fourth-order valence-electron chi connectivity index (χ4n) is 6.06. The molecule has 2 aromatic carbocycles. The molecule has 40 heavy (non-hydrogen) atoms. The van der Waals surface area contributed by atoms with Crippen LogP contribution < -0.4 is 14.4 Å². The van der Waals surface area contributed by atoms with E-state index in [0.717, 1.165) is 49.9 Å². The number of nitrogens with one attached hydrogen (secondary N) is 1. The van der Waals surface area contributed by atoms with E-state index < -0.39 is 27.3 Å². The van der Waals surface area contributed by atoms with Gasteiger partial charge in [0.2, 0.25) is 10.0 Å². The van der Waals surface area contributed by atoms with E-state index in [9.17, 15) is 18.3 Å². The Morgan fingerprint density at radius 1 is 1.12 bits per heavy atom. The number of sulfonamides is 1. The molecular weight excluding hydrogens is 548 g/mol. The van der Waals surface area contributed by atoms with Gasteiger partial charge in [0.05, 0.1) is 17.0 Å². The van der Waals surface area contributed by atoms with Crippen LogP contribution in [0.1, 0.15) is 73.9 Å². The van der Waals surface area contributed by atoms with Gasteiger partial charge < -0.3 is 14.7 Å². The van der Waals surface area contributed by atoms with Crippen LogP contribution in [0, 0.1) is 11.3 Å². The highest BCUT2D eigenvalue weighted by molar-refractivity contribution is 7.90. The Balaban J connectivity index is 1.55. The van der Waals surface area contributed by atoms with Gasteiger partial charge in [0, 0.05) is 29.1 Å². The molecule has 0 spiro atoms. The number of carbonyl (C=O) groups excluding carboxylic acids is 1. The molecule has 2 heterocycles. The lowest BCUT2D eigenvalue weighted by atomic mass is 9.58. The molecular formula is C31H39ClN2O5S. The molecule has 0 saturated heterocycles. The molecule has 1 aliphatic carbocycles. The van der Waals surface area contributed by atoms with E-state index in [-0.39, 0.29) is 16.9 Å². The first kappa shape index (κ1) is 29.0. The van der Waals surface area contributed by atoms with Gasteiger partial charge in [-0.15, -0.1) is 0 Å². The van der Waals surface area contributed by atoms with Crippen LogP contribution in [0.3, 0.4) is 0 Å². The highest BCUT2D eigenvalue weighted by atomic mass is 35.5. The van der Waals surface area contributed by atoms with Gasteiger partial charge in [0.15, 0.2) is 0 Å². The maximum absolute atomic E-state index is 13.2. The number of aliphatic hydroxyl groups excluding tert-OH is 1. The van der Waals surface area contributed by atoms with Crippen molar-refractivity contribution in [3.63, 3.8) is 0 Å². The number of rotatable bonds is 0. The first-order valence-electron chi connectivity index (χ1n) is 14.3. The van der Waals surface area contributed by atoms with Gasteiger partial charge in [-0.25, -0.2) is 13.1 Å². The molecule has 4 atom stereocenters. The van der Waals surface area contributed by atoms with Crippen LogP contribution in [0.2, 0.25) is 5.02 Å². The Hall–Kier alpha value is -2.55. The standard InChI is InChI=1S/C31H39ClN2O5S/c1-21-7-3-4-9-29(35)31(2)15-14-25(31)19-34-16-6-5-8-22-17-26(32)12-10-24(22)20-39-28-13-11-23(18-27(28)34)30(36)33-40(21,37)38/h4,9-13,17-18,21,25,29,35H,3,5-8,14-16,19-20H2,1-2H3,(H,33,36)/b9-4+/t21-,25-,29-,31+/m1/s1. The van der Waals surface area contributed by atoms with Crippen molar-refractivity contribution in [3.8, 4) is 5.75 Å². The topological polar surface area (TPSA) is 95.9 Å². The van der Waals surface area contributed by atoms with E-state index in [1.807, 2.05) is 30.4 Å². The summed E-state index contributed by atoms with van der Waals surface area (Å²) in [6, 6.07) is 11.0. The minimum atomic E-state index is -3.87. The third-order valence-electron chi connectivity index (χ3n) is 9.14. The predicted octanol–water partition coefficient (Wildman–Crippen LogP) is 5.64. The Morgan fingerprint density at radius 2 is 1.95 bits per heavy atom. The van der Waals surface area contributed by atoms with Gasteiger partial charge in [0.25, 0.3) is 5.91 Å². The molecule has 5 rings (SSSR count). The van der Waals surface area contributed by atoms with Gasteiger partial charge in [-0.2, -0.15) is 0 Å². The minimum Gasteiger partial charge on any atom is -0.487 e. The molecule has 0 aromatic heterocycles. The molecule has 2 aliphatic heterocycles. The Bertz CT molecular complexity index is 1390. The van der Waals surface area contributed by atoms with E-state index >= 15 is 0 Å². The molecule has 2 N–H and O–H groups in total. The highest BCUT2D eigenvalue weighted by Gasteiger charge is 2.47. The van der Waals surface area contributed by atoms with Crippen molar-refractivity contribution in [1.29, 1.82) is 0 Å². The van der Waals surface area contributed by atoms with Gasteiger partial charge >= 0.3 is 0 Å². The van der Waals surface area contributed by atoms with Gasteiger partial charge in [0.1, 0.15) is 12.4 Å². The SMILES string of the molecule is C[C@@H]1CC/C=C/[C@@H](O)[C@@]2(C)CC[C@@H]2CN2CCCCc3cc(Cl)ccc3COc3ccc(cc32)C(=O)NS1(=O)=O. The second kappa shape index (κ2) is 11.7. The molecule has 1 saturated carbocycles. The lowest BCUT2D eigenvalue weighted by Gasteiger charge is -2.51. The number of anilines is 1. The zero-order valence-corrected chi connectivity index (χ0v) is 24.8. The molecule has 1 fully saturated rings. The summed E-state index contributed by atoms with van der Waals surface area (Å²) in [5.74, 6) is 0.249. The fourth-order valence-corrected chi connectivity index (χ4v) is 7.28. The highest BCUT2D eigenvalue weighted by Crippen LogP contribution is 2.50. The molecule has 9 heteroatoms. The zero-order valence-electron chi connectivity index (χ0n) is 23.2. The monoisotopic (exact) mass is 586 g/mol. The van der Waals surface area contributed by atoms with Gasteiger partial charge in [-0.05, 0) is 99.2 Å². The van der Waals surface area contributed by atoms with Crippen LogP contribution in [-0.2, 0) is 23.1 Å².